The van der Waals surface area contributed by atoms with Gasteiger partial charge in [-0.15, -0.1) is 0 Å². The molecule has 2 amide bonds. The van der Waals surface area contributed by atoms with Crippen LogP contribution in [0.1, 0.15) is 30.9 Å². The summed E-state index contributed by atoms with van der Waals surface area (Å²) in [5.41, 5.74) is 3.09. The van der Waals surface area contributed by atoms with Crippen LogP contribution >= 0.6 is 0 Å². The second-order valence-electron chi connectivity index (χ2n) is 6.79. The van der Waals surface area contributed by atoms with Crippen molar-refractivity contribution in [1.29, 1.82) is 0 Å². The fraction of sp³-hybridized carbons (Fsp3) is 0.500. The normalized spacial score (nSPS) is 17.0. The van der Waals surface area contributed by atoms with Crippen LogP contribution in [0, 0.1) is 12.8 Å². The summed E-state index contributed by atoms with van der Waals surface area (Å²) in [4.78, 5) is 15.3. The molecule has 1 saturated carbocycles. The van der Waals surface area contributed by atoms with E-state index in [9.17, 15) is 9.90 Å². The van der Waals surface area contributed by atoms with Crippen LogP contribution in [0.5, 0.6) is 0 Å². The second-order valence-corrected chi connectivity index (χ2v) is 6.79. The smallest absolute Gasteiger partial charge is 0.315 e. The van der Waals surface area contributed by atoms with Gasteiger partial charge in [-0.2, -0.15) is 0 Å². The number of aromatic nitrogens is 1. The monoisotopic (exact) mass is 315 g/mol. The molecule has 1 aromatic heterocycles. The summed E-state index contributed by atoms with van der Waals surface area (Å²) >= 11 is 0. The zero-order valence-corrected chi connectivity index (χ0v) is 13.8. The molecule has 124 valence electrons. The Morgan fingerprint density at radius 2 is 2.22 bits per heavy atom. The Bertz CT molecular complexity index is 705. The first-order valence-corrected chi connectivity index (χ1v) is 8.26. The van der Waals surface area contributed by atoms with Crippen molar-refractivity contribution in [3.8, 4) is 0 Å². The van der Waals surface area contributed by atoms with Crippen molar-refractivity contribution in [2.24, 2.45) is 5.92 Å². The molecule has 5 heteroatoms. The number of aliphatic hydroxyl groups excluding tert-OH is 1. The number of aromatic amines is 1. The zero-order chi connectivity index (χ0) is 16.4. The van der Waals surface area contributed by atoms with Crippen LogP contribution in [0.15, 0.2) is 24.4 Å². The number of urea groups is 1. The number of carbonyl (C=O) groups is 1. The molecule has 1 aliphatic carbocycles. The number of nitrogens with one attached hydrogen (secondary N) is 3. The van der Waals surface area contributed by atoms with Gasteiger partial charge < -0.3 is 20.7 Å². The highest BCUT2D eigenvalue weighted by molar-refractivity contribution is 5.86. The van der Waals surface area contributed by atoms with Gasteiger partial charge in [-0.25, -0.2) is 4.79 Å². The highest BCUT2D eigenvalue weighted by Gasteiger charge is 2.42. The molecule has 1 unspecified atom stereocenters. The number of hydrogen-bond donors (Lipinski definition) is 4. The van der Waals surface area contributed by atoms with Crippen molar-refractivity contribution in [1.82, 2.24) is 15.6 Å². The Kier molecular flexibility index (Phi) is 4.31. The van der Waals surface area contributed by atoms with Gasteiger partial charge in [0.1, 0.15) is 0 Å². The zero-order valence-electron chi connectivity index (χ0n) is 13.8. The van der Waals surface area contributed by atoms with Crippen molar-refractivity contribution < 1.29 is 9.90 Å². The maximum absolute atomic E-state index is 12.1. The van der Waals surface area contributed by atoms with Crippen molar-refractivity contribution >= 4 is 16.9 Å². The molecule has 2 aromatic rings. The number of amides is 2. The number of benzene rings is 1. The molecule has 0 saturated heterocycles. The SMILES string of the molecule is Cc1cccc2[nH]cc(CCNC(=O)NC(C)(CO)C3CC3)c12. The Labute approximate surface area is 136 Å². The van der Waals surface area contributed by atoms with Crippen LogP contribution in [-0.4, -0.2) is 34.8 Å². The number of rotatable bonds is 6. The highest BCUT2D eigenvalue weighted by atomic mass is 16.3. The lowest BCUT2D eigenvalue weighted by molar-refractivity contribution is 0.155. The molecule has 3 rings (SSSR count). The van der Waals surface area contributed by atoms with Crippen LogP contribution < -0.4 is 10.6 Å². The molecule has 0 bridgehead atoms. The molecular formula is C18H25N3O2. The Hall–Kier alpha value is -2.01. The molecule has 1 aliphatic rings. The van der Waals surface area contributed by atoms with Crippen molar-refractivity contribution in [3.05, 3.63) is 35.5 Å². The Morgan fingerprint density at radius 1 is 1.43 bits per heavy atom. The molecule has 1 fully saturated rings. The fourth-order valence-electron chi connectivity index (χ4n) is 3.25. The average Bonchev–Trinajstić information content (AvgIpc) is 3.30. The Morgan fingerprint density at radius 3 is 2.91 bits per heavy atom. The average molecular weight is 315 g/mol. The lowest BCUT2D eigenvalue weighted by Crippen LogP contribution is -2.54. The fourth-order valence-corrected chi connectivity index (χ4v) is 3.25. The second kappa shape index (κ2) is 6.24. The minimum Gasteiger partial charge on any atom is -0.394 e. The predicted molar refractivity (Wildman–Crippen MR) is 91.5 cm³/mol. The van der Waals surface area contributed by atoms with E-state index < -0.39 is 5.54 Å². The van der Waals surface area contributed by atoms with Gasteiger partial charge in [0.15, 0.2) is 0 Å². The quantitative estimate of drug-likeness (QED) is 0.661. The summed E-state index contributed by atoms with van der Waals surface area (Å²) in [5.74, 6) is 0.398. The van der Waals surface area contributed by atoms with E-state index in [0.717, 1.165) is 24.8 Å². The third-order valence-electron chi connectivity index (χ3n) is 4.88. The molecule has 1 aromatic carbocycles. The number of H-pyrrole nitrogens is 1. The number of carbonyl (C=O) groups excluding carboxylic acids is 1. The molecule has 4 N–H and O–H groups in total. The van der Waals surface area contributed by atoms with E-state index in [1.165, 1.54) is 16.5 Å². The lowest BCUT2D eigenvalue weighted by atomic mass is 9.97. The van der Waals surface area contributed by atoms with Crippen LogP contribution in [0.2, 0.25) is 0 Å². The van der Waals surface area contributed by atoms with E-state index in [2.05, 4.69) is 34.7 Å². The van der Waals surface area contributed by atoms with E-state index in [-0.39, 0.29) is 12.6 Å². The molecule has 1 atom stereocenters. The van der Waals surface area contributed by atoms with E-state index in [4.69, 9.17) is 0 Å². The van der Waals surface area contributed by atoms with Gasteiger partial charge in [0.2, 0.25) is 0 Å². The van der Waals surface area contributed by atoms with Crippen LogP contribution in [-0.2, 0) is 6.42 Å². The van der Waals surface area contributed by atoms with Gasteiger partial charge in [-0.1, -0.05) is 12.1 Å². The first-order valence-electron chi connectivity index (χ1n) is 8.26. The molecule has 0 aliphatic heterocycles. The third-order valence-corrected chi connectivity index (χ3v) is 4.88. The summed E-state index contributed by atoms with van der Waals surface area (Å²) in [6.07, 6.45) is 4.94. The summed E-state index contributed by atoms with van der Waals surface area (Å²) in [6, 6.07) is 6.00. The van der Waals surface area contributed by atoms with Crippen molar-refractivity contribution in [2.75, 3.05) is 13.2 Å². The Balaban J connectivity index is 1.55. The van der Waals surface area contributed by atoms with E-state index in [1.807, 2.05) is 19.2 Å². The van der Waals surface area contributed by atoms with Gasteiger partial charge in [0.05, 0.1) is 12.1 Å². The number of hydrogen-bond acceptors (Lipinski definition) is 2. The number of aliphatic hydroxyl groups is 1. The minimum absolute atomic E-state index is 0.0211. The maximum Gasteiger partial charge on any atom is 0.315 e. The van der Waals surface area contributed by atoms with E-state index in [0.29, 0.717) is 12.5 Å². The van der Waals surface area contributed by atoms with Gasteiger partial charge in [0, 0.05) is 23.6 Å². The number of aryl methyl sites for hydroxylation is 1. The summed E-state index contributed by atoms with van der Waals surface area (Å²) < 4.78 is 0. The predicted octanol–water partition coefficient (Wildman–Crippen LogP) is 2.48. The molecule has 0 spiro atoms. The van der Waals surface area contributed by atoms with Crippen LogP contribution in [0.25, 0.3) is 10.9 Å². The molecule has 1 heterocycles. The largest absolute Gasteiger partial charge is 0.394 e. The first kappa shape index (κ1) is 15.9. The number of fused-ring (bicyclic) bond motifs is 1. The summed E-state index contributed by atoms with van der Waals surface area (Å²) in [7, 11) is 0. The van der Waals surface area contributed by atoms with Crippen molar-refractivity contribution in [3.63, 3.8) is 0 Å². The van der Waals surface area contributed by atoms with Crippen LogP contribution in [0.3, 0.4) is 0 Å². The topological polar surface area (TPSA) is 77.2 Å². The van der Waals surface area contributed by atoms with Gasteiger partial charge in [-0.3, -0.25) is 0 Å². The summed E-state index contributed by atoms with van der Waals surface area (Å²) in [5, 5.41) is 16.6. The standard InChI is InChI=1S/C18H25N3O2/c1-12-4-3-5-15-16(12)13(10-20-15)8-9-19-17(23)21-18(2,11-22)14-6-7-14/h3-5,10,14,20,22H,6-9,11H2,1-2H3,(H2,19,21,23). The van der Waals surface area contributed by atoms with Crippen LogP contribution in [0.4, 0.5) is 4.79 Å². The third kappa shape index (κ3) is 3.34. The van der Waals surface area contributed by atoms with Gasteiger partial charge in [-0.05, 0) is 56.2 Å². The molecule has 23 heavy (non-hydrogen) atoms. The van der Waals surface area contributed by atoms with E-state index >= 15 is 0 Å². The molecule has 5 nitrogen and oxygen atoms in total. The van der Waals surface area contributed by atoms with Crippen molar-refractivity contribution in [2.45, 2.75) is 38.6 Å². The molecule has 0 radical (unpaired) electrons. The molecular weight excluding hydrogens is 290 g/mol. The summed E-state index contributed by atoms with van der Waals surface area (Å²) in [6.45, 7) is 4.56. The highest BCUT2D eigenvalue weighted by Crippen LogP contribution is 2.39. The lowest BCUT2D eigenvalue weighted by Gasteiger charge is -2.28. The maximum atomic E-state index is 12.1. The minimum atomic E-state index is -0.499. The first-order chi connectivity index (χ1) is 11.0. The van der Waals surface area contributed by atoms with Gasteiger partial charge in [0.25, 0.3) is 0 Å². The van der Waals surface area contributed by atoms with Gasteiger partial charge >= 0.3 is 6.03 Å². The van der Waals surface area contributed by atoms with E-state index in [1.54, 1.807) is 0 Å².